The van der Waals surface area contributed by atoms with Crippen molar-refractivity contribution in [3.8, 4) is 11.5 Å². The molecule has 5 rings (SSSR count). The molecule has 1 saturated heterocycles. The predicted octanol–water partition coefficient (Wildman–Crippen LogP) is 4.55. The Kier molecular flexibility index (Phi) is 5.74. The molecule has 2 heterocycles. The topological polar surface area (TPSA) is 103 Å². The van der Waals surface area contributed by atoms with E-state index in [0.29, 0.717) is 23.3 Å². The van der Waals surface area contributed by atoms with Crippen LogP contribution in [0.15, 0.2) is 84.6 Å². The van der Waals surface area contributed by atoms with Gasteiger partial charge in [0.25, 0.3) is 11.7 Å². The summed E-state index contributed by atoms with van der Waals surface area (Å²) in [5.41, 5.74) is 3.08. The molecule has 1 atom stereocenters. The van der Waals surface area contributed by atoms with Crippen LogP contribution in [0.2, 0.25) is 0 Å². The molecule has 0 saturated carbocycles. The SMILES string of the molecule is COc1ccc(/C(O)=C2/C(=O)C(=O)N(CCc3c[nH]c4ccccc34)C2c2ccc(O)cc2)cc1. The van der Waals surface area contributed by atoms with Gasteiger partial charge >= 0.3 is 0 Å². The Morgan fingerprint density at radius 2 is 1.71 bits per heavy atom. The van der Waals surface area contributed by atoms with Gasteiger partial charge in [-0.05, 0) is 60.0 Å². The van der Waals surface area contributed by atoms with E-state index in [4.69, 9.17) is 4.74 Å². The molecule has 0 spiro atoms. The number of aromatic nitrogens is 1. The van der Waals surface area contributed by atoms with Gasteiger partial charge in [-0.15, -0.1) is 0 Å². The second-order valence-electron chi connectivity index (χ2n) is 8.42. The van der Waals surface area contributed by atoms with Crippen molar-refractivity contribution >= 4 is 28.4 Å². The van der Waals surface area contributed by atoms with Crippen LogP contribution in [-0.2, 0) is 16.0 Å². The molecule has 176 valence electrons. The van der Waals surface area contributed by atoms with E-state index in [1.165, 1.54) is 17.0 Å². The number of carbonyl (C=O) groups is 2. The molecule has 1 unspecified atom stereocenters. The lowest BCUT2D eigenvalue weighted by Gasteiger charge is -2.25. The Labute approximate surface area is 201 Å². The average Bonchev–Trinajstić information content (AvgIpc) is 3.41. The Hall–Kier alpha value is -4.52. The van der Waals surface area contributed by atoms with Gasteiger partial charge in [-0.2, -0.15) is 0 Å². The number of para-hydroxylation sites is 1. The lowest BCUT2D eigenvalue weighted by Crippen LogP contribution is -2.31. The summed E-state index contributed by atoms with van der Waals surface area (Å²) in [5.74, 6) is -0.984. The standard InChI is InChI=1S/C28H24N2O5/c1-35-21-12-8-18(9-13-21)26(32)24-25(17-6-10-20(31)11-7-17)30(28(34)27(24)33)15-14-19-16-29-23-5-3-2-4-22(19)23/h2-13,16,25,29,31-32H,14-15H2,1H3/b26-24-. The monoisotopic (exact) mass is 468 g/mol. The number of H-pyrrole nitrogens is 1. The van der Waals surface area contributed by atoms with Crippen LogP contribution in [0.4, 0.5) is 0 Å². The number of carbonyl (C=O) groups excluding carboxylic acids is 2. The fraction of sp³-hybridized carbons (Fsp3) is 0.143. The van der Waals surface area contributed by atoms with Crippen molar-refractivity contribution in [2.24, 2.45) is 0 Å². The third kappa shape index (κ3) is 4.01. The third-order valence-corrected chi connectivity index (χ3v) is 6.41. The smallest absolute Gasteiger partial charge is 0.295 e. The number of aliphatic hydroxyl groups excluding tert-OH is 1. The summed E-state index contributed by atoms with van der Waals surface area (Å²) < 4.78 is 5.18. The zero-order valence-electron chi connectivity index (χ0n) is 19.1. The first-order chi connectivity index (χ1) is 17.0. The van der Waals surface area contributed by atoms with Crippen molar-refractivity contribution in [2.45, 2.75) is 12.5 Å². The molecule has 7 heteroatoms. The van der Waals surface area contributed by atoms with E-state index in [0.717, 1.165) is 16.5 Å². The summed E-state index contributed by atoms with van der Waals surface area (Å²) in [6.45, 7) is 0.275. The number of benzene rings is 3. The molecule has 4 aromatic rings. The van der Waals surface area contributed by atoms with Crippen LogP contribution in [0.5, 0.6) is 11.5 Å². The highest BCUT2D eigenvalue weighted by molar-refractivity contribution is 6.46. The highest BCUT2D eigenvalue weighted by Gasteiger charge is 2.45. The number of hydrogen-bond acceptors (Lipinski definition) is 5. The van der Waals surface area contributed by atoms with Crippen LogP contribution in [0.25, 0.3) is 16.7 Å². The van der Waals surface area contributed by atoms with Crippen LogP contribution in [-0.4, -0.2) is 45.4 Å². The second-order valence-corrected chi connectivity index (χ2v) is 8.42. The molecule has 3 aromatic carbocycles. The lowest BCUT2D eigenvalue weighted by atomic mass is 9.95. The number of ketones is 1. The third-order valence-electron chi connectivity index (χ3n) is 6.41. The number of phenolic OH excluding ortho intramolecular Hbond substituents is 1. The molecule has 1 fully saturated rings. The number of aromatic amines is 1. The van der Waals surface area contributed by atoms with Crippen LogP contribution < -0.4 is 4.74 Å². The highest BCUT2D eigenvalue weighted by atomic mass is 16.5. The molecule has 7 nitrogen and oxygen atoms in total. The van der Waals surface area contributed by atoms with Gasteiger partial charge in [0.05, 0.1) is 18.7 Å². The number of hydrogen-bond donors (Lipinski definition) is 3. The van der Waals surface area contributed by atoms with Crippen LogP contribution in [0, 0.1) is 0 Å². The predicted molar refractivity (Wildman–Crippen MR) is 132 cm³/mol. The maximum absolute atomic E-state index is 13.2. The number of fused-ring (bicyclic) bond motifs is 1. The molecule has 3 N–H and O–H groups in total. The molecule has 35 heavy (non-hydrogen) atoms. The van der Waals surface area contributed by atoms with Crippen molar-refractivity contribution in [2.75, 3.05) is 13.7 Å². The summed E-state index contributed by atoms with van der Waals surface area (Å²) in [6.07, 6.45) is 2.43. The Morgan fingerprint density at radius 3 is 2.43 bits per heavy atom. The minimum atomic E-state index is -0.789. The van der Waals surface area contributed by atoms with Gasteiger partial charge in [0, 0.05) is 29.2 Å². The maximum Gasteiger partial charge on any atom is 0.295 e. The van der Waals surface area contributed by atoms with E-state index in [1.807, 2.05) is 30.5 Å². The number of nitrogens with zero attached hydrogens (tertiary/aromatic N) is 1. The van der Waals surface area contributed by atoms with E-state index >= 15 is 0 Å². The normalized spacial score (nSPS) is 17.3. The fourth-order valence-corrected chi connectivity index (χ4v) is 4.60. The summed E-state index contributed by atoms with van der Waals surface area (Å²) in [7, 11) is 1.54. The number of aliphatic hydroxyl groups is 1. The Bertz CT molecular complexity index is 1430. The van der Waals surface area contributed by atoms with E-state index in [-0.39, 0.29) is 23.6 Å². The second kappa shape index (κ2) is 9.02. The van der Waals surface area contributed by atoms with Crippen molar-refractivity contribution in [3.63, 3.8) is 0 Å². The fourth-order valence-electron chi connectivity index (χ4n) is 4.60. The first kappa shape index (κ1) is 22.3. The number of phenols is 1. The van der Waals surface area contributed by atoms with Gasteiger partial charge in [-0.25, -0.2) is 0 Å². The van der Waals surface area contributed by atoms with Crippen LogP contribution in [0.3, 0.4) is 0 Å². The average molecular weight is 469 g/mol. The van der Waals surface area contributed by atoms with Gasteiger partial charge in [-0.3, -0.25) is 9.59 Å². The minimum Gasteiger partial charge on any atom is -0.508 e. The lowest BCUT2D eigenvalue weighted by molar-refractivity contribution is -0.139. The molecular weight excluding hydrogens is 444 g/mol. The summed E-state index contributed by atoms with van der Waals surface area (Å²) >= 11 is 0. The number of aromatic hydroxyl groups is 1. The molecule has 1 amide bonds. The Balaban J connectivity index is 1.55. The van der Waals surface area contributed by atoms with Crippen molar-refractivity contribution in [1.29, 1.82) is 0 Å². The molecule has 1 aromatic heterocycles. The van der Waals surface area contributed by atoms with Crippen molar-refractivity contribution < 1.29 is 24.5 Å². The highest BCUT2D eigenvalue weighted by Crippen LogP contribution is 2.40. The van der Waals surface area contributed by atoms with Gasteiger partial charge in [-0.1, -0.05) is 30.3 Å². The zero-order chi connectivity index (χ0) is 24.5. The molecule has 1 aliphatic heterocycles. The van der Waals surface area contributed by atoms with Gasteiger partial charge in [0.15, 0.2) is 0 Å². The first-order valence-electron chi connectivity index (χ1n) is 11.2. The van der Waals surface area contributed by atoms with E-state index < -0.39 is 17.7 Å². The van der Waals surface area contributed by atoms with Gasteiger partial charge in [0.2, 0.25) is 0 Å². The van der Waals surface area contributed by atoms with E-state index in [1.54, 1.807) is 43.5 Å². The number of likely N-dealkylation sites (tertiary alicyclic amines) is 1. The number of ether oxygens (including phenoxy) is 1. The molecule has 0 bridgehead atoms. The minimum absolute atomic E-state index is 0.0183. The number of methoxy groups -OCH3 is 1. The number of Topliss-reactive ketones (excluding diaryl/α,β-unsaturated/α-hetero) is 1. The van der Waals surface area contributed by atoms with Crippen molar-refractivity contribution in [1.82, 2.24) is 9.88 Å². The number of rotatable bonds is 6. The number of amides is 1. The van der Waals surface area contributed by atoms with Crippen molar-refractivity contribution in [3.05, 3.63) is 101 Å². The Morgan fingerprint density at radius 1 is 1.00 bits per heavy atom. The van der Waals surface area contributed by atoms with E-state index in [9.17, 15) is 19.8 Å². The van der Waals surface area contributed by atoms with Gasteiger partial charge < -0.3 is 24.8 Å². The summed E-state index contributed by atoms with van der Waals surface area (Å²) in [4.78, 5) is 31.1. The largest absolute Gasteiger partial charge is 0.508 e. The molecule has 1 aliphatic rings. The number of nitrogens with one attached hydrogen (secondary N) is 1. The molecule has 0 aliphatic carbocycles. The first-order valence-corrected chi connectivity index (χ1v) is 11.2. The summed E-state index contributed by atoms with van der Waals surface area (Å²) in [6, 6.07) is 20.1. The van der Waals surface area contributed by atoms with E-state index in [2.05, 4.69) is 4.98 Å². The molecule has 0 radical (unpaired) electrons. The van der Waals surface area contributed by atoms with Gasteiger partial charge in [0.1, 0.15) is 17.3 Å². The van der Waals surface area contributed by atoms with Crippen LogP contribution in [0.1, 0.15) is 22.7 Å². The summed E-state index contributed by atoms with van der Waals surface area (Å²) in [5, 5.41) is 22.0. The van der Waals surface area contributed by atoms with Crippen LogP contribution >= 0.6 is 0 Å². The zero-order valence-corrected chi connectivity index (χ0v) is 19.1. The molecular formula is C28H24N2O5. The quantitative estimate of drug-likeness (QED) is 0.219. The maximum atomic E-state index is 13.2.